The summed E-state index contributed by atoms with van der Waals surface area (Å²) in [7, 11) is 0. The number of amides is 1. The van der Waals surface area contributed by atoms with Gasteiger partial charge < -0.3 is 4.90 Å². The van der Waals surface area contributed by atoms with Gasteiger partial charge in [-0.1, -0.05) is 13.0 Å². The molecule has 0 radical (unpaired) electrons. The Balaban J connectivity index is 2.37. The molecule has 0 fully saturated rings. The van der Waals surface area contributed by atoms with Crippen molar-refractivity contribution in [3.8, 4) is 0 Å². The summed E-state index contributed by atoms with van der Waals surface area (Å²) in [4.78, 5) is 13.3. The topological polar surface area (TPSA) is 20.3 Å². The Labute approximate surface area is 97.3 Å². The summed E-state index contributed by atoms with van der Waals surface area (Å²) in [5, 5.41) is 0. The Hall–Kier alpha value is -1.31. The van der Waals surface area contributed by atoms with Crippen LogP contribution in [0, 0.1) is 0 Å². The van der Waals surface area contributed by atoms with Gasteiger partial charge in [0.05, 0.1) is 0 Å². The highest BCUT2D eigenvalue weighted by atomic mass is 16.2. The Kier molecular flexibility index (Phi) is 2.99. The van der Waals surface area contributed by atoms with Gasteiger partial charge in [-0.2, -0.15) is 0 Å². The van der Waals surface area contributed by atoms with Crippen molar-refractivity contribution in [1.82, 2.24) is 0 Å². The molecule has 2 nitrogen and oxygen atoms in total. The average Bonchev–Trinajstić information content (AvgIpc) is 2.61. The number of hydrogen-bond donors (Lipinski definition) is 0. The molecule has 0 saturated carbocycles. The quantitative estimate of drug-likeness (QED) is 0.745. The van der Waals surface area contributed by atoms with E-state index in [1.165, 1.54) is 24.0 Å². The van der Waals surface area contributed by atoms with Crippen molar-refractivity contribution < 1.29 is 4.79 Å². The maximum Gasteiger partial charge on any atom is 0.223 e. The molecule has 2 heteroatoms. The van der Waals surface area contributed by atoms with E-state index in [9.17, 15) is 4.79 Å². The van der Waals surface area contributed by atoms with E-state index < -0.39 is 0 Å². The highest BCUT2D eigenvalue weighted by Gasteiger charge is 2.20. The van der Waals surface area contributed by atoms with Crippen molar-refractivity contribution in [1.29, 1.82) is 0 Å². The van der Waals surface area contributed by atoms with E-state index in [1.807, 2.05) is 11.8 Å². The third-order valence-corrected chi connectivity index (χ3v) is 3.52. The highest BCUT2D eigenvalue weighted by molar-refractivity contribution is 5.91. The first-order chi connectivity index (χ1) is 7.63. The predicted octanol–water partition coefficient (Wildman–Crippen LogP) is 3.11. The van der Waals surface area contributed by atoms with Crippen LogP contribution in [0.1, 0.15) is 44.2 Å². The molecular formula is C14H19NO. The molecule has 1 amide bonds. The fourth-order valence-electron chi connectivity index (χ4n) is 2.55. The van der Waals surface area contributed by atoms with Gasteiger partial charge in [0.1, 0.15) is 0 Å². The molecule has 2 rings (SSSR count). The molecule has 0 saturated heterocycles. The lowest BCUT2D eigenvalue weighted by molar-refractivity contribution is -0.116. The van der Waals surface area contributed by atoms with Crippen LogP contribution in [0.2, 0.25) is 0 Å². The van der Waals surface area contributed by atoms with Crippen LogP contribution >= 0.6 is 0 Å². The number of anilines is 1. The standard InChI is InChI=1S/C14H19NO/c1-4-15(11(3)16)13-8-7-12-6-5-10(2)14(12)9-13/h7-10H,4-6H2,1-3H3. The Bertz CT molecular complexity index is 411. The van der Waals surface area contributed by atoms with Gasteiger partial charge in [-0.05, 0) is 48.9 Å². The minimum absolute atomic E-state index is 0.119. The molecule has 1 aromatic carbocycles. The first-order valence-corrected chi connectivity index (χ1v) is 6.04. The van der Waals surface area contributed by atoms with Gasteiger partial charge in [0.2, 0.25) is 5.91 Å². The fraction of sp³-hybridized carbons (Fsp3) is 0.500. The summed E-state index contributed by atoms with van der Waals surface area (Å²) < 4.78 is 0. The SMILES string of the molecule is CCN(C(C)=O)c1ccc2c(c1)C(C)CC2. The van der Waals surface area contributed by atoms with E-state index in [2.05, 4.69) is 25.1 Å². The van der Waals surface area contributed by atoms with Gasteiger partial charge in [0.25, 0.3) is 0 Å². The number of hydrogen-bond acceptors (Lipinski definition) is 1. The number of carbonyl (C=O) groups excluding carboxylic acids is 1. The molecule has 0 aliphatic heterocycles. The van der Waals surface area contributed by atoms with Gasteiger partial charge in [0, 0.05) is 19.2 Å². The summed E-state index contributed by atoms with van der Waals surface area (Å²) in [6.45, 7) is 6.64. The Morgan fingerprint density at radius 3 is 2.88 bits per heavy atom. The molecule has 0 spiro atoms. The number of carbonyl (C=O) groups is 1. The number of benzene rings is 1. The van der Waals surface area contributed by atoms with Crippen molar-refractivity contribution in [3.05, 3.63) is 29.3 Å². The molecule has 0 N–H and O–H groups in total. The molecule has 16 heavy (non-hydrogen) atoms. The van der Waals surface area contributed by atoms with E-state index in [0.29, 0.717) is 5.92 Å². The lowest BCUT2D eigenvalue weighted by Crippen LogP contribution is -2.27. The second-order valence-corrected chi connectivity index (χ2v) is 4.59. The monoisotopic (exact) mass is 217 g/mol. The lowest BCUT2D eigenvalue weighted by atomic mass is 10.0. The number of nitrogens with zero attached hydrogens (tertiary/aromatic N) is 1. The highest BCUT2D eigenvalue weighted by Crippen LogP contribution is 2.35. The second-order valence-electron chi connectivity index (χ2n) is 4.59. The van der Waals surface area contributed by atoms with Crippen LogP contribution in [0.25, 0.3) is 0 Å². The Morgan fingerprint density at radius 2 is 2.25 bits per heavy atom. The second kappa shape index (κ2) is 4.28. The Morgan fingerprint density at radius 1 is 1.50 bits per heavy atom. The molecule has 1 aromatic rings. The van der Waals surface area contributed by atoms with E-state index in [1.54, 1.807) is 6.92 Å². The lowest BCUT2D eigenvalue weighted by Gasteiger charge is -2.20. The predicted molar refractivity (Wildman–Crippen MR) is 66.9 cm³/mol. The van der Waals surface area contributed by atoms with Gasteiger partial charge in [0.15, 0.2) is 0 Å². The number of aryl methyl sites for hydroxylation is 1. The molecule has 1 aliphatic carbocycles. The summed E-state index contributed by atoms with van der Waals surface area (Å²) in [5.41, 5.74) is 3.93. The molecule has 86 valence electrons. The molecule has 1 atom stereocenters. The third kappa shape index (κ3) is 1.84. The summed E-state index contributed by atoms with van der Waals surface area (Å²) in [5.74, 6) is 0.758. The van der Waals surface area contributed by atoms with Gasteiger partial charge in [-0.3, -0.25) is 4.79 Å². The van der Waals surface area contributed by atoms with Crippen LogP contribution in [0.4, 0.5) is 5.69 Å². The van der Waals surface area contributed by atoms with Crippen LogP contribution < -0.4 is 4.90 Å². The maximum atomic E-state index is 11.5. The van der Waals surface area contributed by atoms with Crippen molar-refractivity contribution >= 4 is 11.6 Å². The van der Waals surface area contributed by atoms with E-state index in [4.69, 9.17) is 0 Å². The minimum Gasteiger partial charge on any atom is -0.313 e. The molecule has 0 heterocycles. The van der Waals surface area contributed by atoms with Crippen LogP contribution in [0.15, 0.2) is 18.2 Å². The summed E-state index contributed by atoms with van der Waals surface area (Å²) in [6, 6.07) is 6.44. The number of rotatable bonds is 2. The molecule has 0 bridgehead atoms. The number of fused-ring (bicyclic) bond motifs is 1. The zero-order valence-electron chi connectivity index (χ0n) is 10.3. The van der Waals surface area contributed by atoms with Crippen molar-refractivity contribution in [3.63, 3.8) is 0 Å². The summed E-state index contributed by atoms with van der Waals surface area (Å²) >= 11 is 0. The summed E-state index contributed by atoms with van der Waals surface area (Å²) in [6.07, 6.45) is 2.42. The van der Waals surface area contributed by atoms with Gasteiger partial charge >= 0.3 is 0 Å². The van der Waals surface area contributed by atoms with E-state index in [-0.39, 0.29) is 5.91 Å². The molecule has 1 aliphatic rings. The van der Waals surface area contributed by atoms with Crippen molar-refractivity contribution in [2.75, 3.05) is 11.4 Å². The van der Waals surface area contributed by atoms with Crippen LogP contribution in [0.3, 0.4) is 0 Å². The molecular weight excluding hydrogens is 198 g/mol. The molecule has 1 unspecified atom stereocenters. The average molecular weight is 217 g/mol. The van der Waals surface area contributed by atoms with Crippen molar-refractivity contribution in [2.24, 2.45) is 0 Å². The zero-order valence-corrected chi connectivity index (χ0v) is 10.3. The third-order valence-electron chi connectivity index (χ3n) is 3.52. The van der Waals surface area contributed by atoms with Gasteiger partial charge in [-0.25, -0.2) is 0 Å². The maximum absolute atomic E-state index is 11.5. The first kappa shape index (κ1) is 11.2. The van der Waals surface area contributed by atoms with E-state index >= 15 is 0 Å². The van der Waals surface area contributed by atoms with Crippen LogP contribution in [-0.2, 0) is 11.2 Å². The smallest absolute Gasteiger partial charge is 0.223 e. The van der Waals surface area contributed by atoms with Crippen molar-refractivity contribution in [2.45, 2.75) is 39.5 Å². The fourth-order valence-corrected chi connectivity index (χ4v) is 2.55. The van der Waals surface area contributed by atoms with Crippen LogP contribution in [-0.4, -0.2) is 12.5 Å². The largest absolute Gasteiger partial charge is 0.313 e. The first-order valence-electron chi connectivity index (χ1n) is 6.04. The van der Waals surface area contributed by atoms with Gasteiger partial charge in [-0.15, -0.1) is 0 Å². The van der Waals surface area contributed by atoms with Crippen LogP contribution in [0.5, 0.6) is 0 Å². The van der Waals surface area contributed by atoms with E-state index in [0.717, 1.165) is 12.2 Å². The molecule has 0 aromatic heterocycles. The zero-order chi connectivity index (χ0) is 11.7. The minimum atomic E-state index is 0.119. The normalized spacial score (nSPS) is 18.3.